The molecule has 1 aromatic rings. The summed E-state index contributed by atoms with van der Waals surface area (Å²) in [5.74, 6) is 1.01. The molecule has 0 saturated carbocycles. The van der Waals surface area contributed by atoms with Crippen LogP contribution in [0.5, 0.6) is 0 Å². The van der Waals surface area contributed by atoms with Gasteiger partial charge in [-0.15, -0.1) is 0 Å². The number of amidine groups is 1. The van der Waals surface area contributed by atoms with Crippen molar-refractivity contribution in [3.8, 4) is 0 Å². The van der Waals surface area contributed by atoms with Gasteiger partial charge in [0, 0.05) is 30.7 Å². The van der Waals surface area contributed by atoms with Crippen LogP contribution in [-0.4, -0.2) is 58.9 Å². The van der Waals surface area contributed by atoms with Gasteiger partial charge in [0.05, 0.1) is 18.2 Å². The average molecular weight is 342 g/mol. The molecule has 0 bridgehead atoms. The highest BCUT2D eigenvalue weighted by molar-refractivity contribution is 5.99. The number of aromatic nitrogens is 1. The van der Waals surface area contributed by atoms with Gasteiger partial charge in [0.25, 0.3) is 0 Å². The molecule has 3 atom stereocenters. The fourth-order valence-corrected chi connectivity index (χ4v) is 4.16. The number of hydrogen-bond acceptors (Lipinski definition) is 6. The van der Waals surface area contributed by atoms with Crippen molar-refractivity contribution in [2.75, 3.05) is 26.2 Å². The van der Waals surface area contributed by atoms with E-state index in [0.29, 0.717) is 19.6 Å². The standard InChI is InChI=1S/C18H26N6O/c1-2-20-18-21-10-15-12-24(25,11-14-5-7-19-8-6-14)13-16-4-3-9-23(16)17(15)22-18/h5-8,10,16,18,20-21H,2-4,9,11-13H2,1H3/t16?,18-,24?/m0/s1. The molecule has 4 rings (SSSR count). The molecule has 4 heterocycles. The topological polar surface area (TPSA) is 75.6 Å². The van der Waals surface area contributed by atoms with E-state index in [1.165, 1.54) is 0 Å². The molecule has 0 aromatic carbocycles. The fraction of sp³-hybridized carbons (Fsp3) is 0.556. The first-order chi connectivity index (χ1) is 12.2. The molecular formula is C18H26N6O. The van der Waals surface area contributed by atoms with Crippen molar-refractivity contribution in [1.29, 1.82) is 0 Å². The summed E-state index contributed by atoms with van der Waals surface area (Å²) in [6, 6.07) is 4.17. The Hall–Kier alpha value is -1.96. The number of hydroxylamine groups is 3. The zero-order chi connectivity index (χ0) is 17.3. The van der Waals surface area contributed by atoms with Crippen molar-refractivity contribution in [1.82, 2.24) is 20.5 Å². The number of pyridine rings is 1. The minimum absolute atomic E-state index is 0.100. The quantitative estimate of drug-likeness (QED) is 0.634. The van der Waals surface area contributed by atoms with Crippen LogP contribution in [0.15, 0.2) is 41.3 Å². The monoisotopic (exact) mass is 342 g/mol. The predicted molar refractivity (Wildman–Crippen MR) is 97.1 cm³/mol. The molecule has 0 spiro atoms. The van der Waals surface area contributed by atoms with Crippen LogP contribution in [0.4, 0.5) is 0 Å². The molecule has 2 saturated heterocycles. The van der Waals surface area contributed by atoms with Crippen molar-refractivity contribution >= 4 is 5.84 Å². The van der Waals surface area contributed by atoms with Gasteiger partial charge < -0.3 is 20.1 Å². The van der Waals surface area contributed by atoms with E-state index in [0.717, 1.165) is 42.9 Å². The largest absolute Gasteiger partial charge is 0.632 e. The van der Waals surface area contributed by atoms with Crippen molar-refractivity contribution < 1.29 is 4.65 Å². The summed E-state index contributed by atoms with van der Waals surface area (Å²) >= 11 is 0. The summed E-state index contributed by atoms with van der Waals surface area (Å²) in [6.07, 6.45) is 7.62. The lowest BCUT2D eigenvalue weighted by molar-refractivity contribution is -0.889. The minimum Gasteiger partial charge on any atom is -0.632 e. The first kappa shape index (κ1) is 16.5. The molecule has 134 valence electrons. The Morgan fingerprint density at radius 3 is 3.04 bits per heavy atom. The molecular weight excluding hydrogens is 316 g/mol. The fourth-order valence-electron chi connectivity index (χ4n) is 4.16. The molecule has 2 N–H and O–H groups in total. The smallest absolute Gasteiger partial charge is 0.175 e. The molecule has 3 aliphatic rings. The van der Waals surface area contributed by atoms with Crippen LogP contribution in [0.25, 0.3) is 0 Å². The maximum Gasteiger partial charge on any atom is 0.175 e. The van der Waals surface area contributed by atoms with Gasteiger partial charge in [-0.3, -0.25) is 10.3 Å². The highest BCUT2D eigenvalue weighted by Crippen LogP contribution is 2.31. The van der Waals surface area contributed by atoms with Crippen molar-refractivity contribution in [2.24, 2.45) is 4.99 Å². The van der Waals surface area contributed by atoms with E-state index in [1.807, 2.05) is 18.3 Å². The van der Waals surface area contributed by atoms with E-state index in [4.69, 9.17) is 4.99 Å². The first-order valence-corrected chi connectivity index (χ1v) is 9.16. The molecule has 7 heteroatoms. The summed E-state index contributed by atoms with van der Waals surface area (Å²) in [7, 11) is 0. The highest BCUT2D eigenvalue weighted by atomic mass is 16.5. The number of aliphatic imine (C=N–C) groups is 1. The third-order valence-electron chi connectivity index (χ3n) is 5.22. The Morgan fingerprint density at radius 2 is 2.24 bits per heavy atom. The molecule has 3 aliphatic heterocycles. The molecule has 0 amide bonds. The molecule has 2 unspecified atom stereocenters. The van der Waals surface area contributed by atoms with E-state index < -0.39 is 0 Å². The van der Waals surface area contributed by atoms with Crippen LogP contribution in [0.2, 0.25) is 0 Å². The normalized spacial score (nSPS) is 31.4. The number of quaternary nitrogens is 1. The van der Waals surface area contributed by atoms with Crippen LogP contribution in [0.3, 0.4) is 0 Å². The van der Waals surface area contributed by atoms with Crippen molar-refractivity contribution in [3.05, 3.63) is 47.1 Å². The molecule has 25 heavy (non-hydrogen) atoms. The maximum atomic E-state index is 13.7. The van der Waals surface area contributed by atoms with Gasteiger partial charge in [-0.1, -0.05) is 6.92 Å². The lowest BCUT2D eigenvalue weighted by Gasteiger charge is -2.43. The van der Waals surface area contributed by atoms with Gasteiger partial charge in [0.2, 0.25) is 0 Å². The second-order valence-electron chi connectivity index (χ2n) is 7.15. The molecule has 1 aromatic heterocycles. The SMILES string of the molecule is CCN[C@@H]1N=C2C(=CN1)C[N+]([O-])(Cc1ccncc1)CC1CCCN21. The van der Waals surface area contributed by atoms with Crippen LogP contribution in [-0.2, 0) is 6.54 Å². The lowest BCUT2D eigenvalue weighted by atomic mass is 10.1. The van der Waals surface area contributed by atoms with Gasteiger partial charge in [-0.05, 0) is 31.5 Å². The van der Waals surface area contributed by atoms with Crippen LogP contribution in [0, 0.1) is 5.21 Å². The molecule has 0 radical (unpaired) electrons. The Kier molecular flexibility index (Phi) is 4.45. The summed E-state index contributed by atoms with van der Waals surface area (Å²) < 4.78 is -0.233. The van der Waals surface area contributed by atoms with E-state index in [9.17, 15) is 5.21 Å². The maximum absolute atomic E-state index is 13.7. The summed E-state index contributed by atoms with van der Waals surface area (Å²) in [5.41, 5.74) is 2.08. The number of rotatable bonds is 4. The van der Waals surface area contributed by atoms with Crippen molar-refractivity contribution in [2.45, 2.75) is 38.6 Å². The second kappa shape index (κ2) is 6.74. The average Bonchev–Trinajstić information content (AvgIpc) is 3.00. The predicted octanol–water partition coefficient (Wildman–Crippen LogP) is 1.15. The van der Waals surface area contributed by atoms with Crippen LogP contribution < -0.4 is 10.6 Å². The number of nitrogens with one attached hydrogen (secondary N) is 2. The zero-order valence-corrected chi connectivity index (χ0v) is 14.7. The molecule has 0 aliphatic carbocycles. The minimum atomic E-state index is -0.233. The highest BCUT2D eigenvalue weighted by Gasteiger charge is 2.40. The molecule has 2 fully saturated rings. The third-order valence-corrected chi connectivity index (χ3v) is 5.22. The van der Waals surface area contributed by atoms with E-state index in [2.05, 4.69) is 27.4 Å². The van der Waals surface area contributed by atoms with E-state index in [-0.39, 0.29) is 17.0 Å². The van der Waals surface area contributed by atoms with Gasteiger partial charge in [-0.2, -0.15) is 0 Å². The van der Waals surface area contributed by atoms with Gasteiger partial charge >= 0.3 is 0 Å². The summed E-state index contributed by atoms with van der Waals surface area (Å²) in [4.78, 5) is 11.3. The van der Waals surface area contributed by atoms with E-state index in [1.54, 1.807) is 12.4 Å². The van der Waals surface area contributed by atoms with Crippen LogP contribution >= 0.6 is 0 Å². The van der Waals surface area contributed by atoms with Gasteiger partial charge in [-0.25, -0.2) is 4.99 Å². The van der Waals surface area contributed by atoms with E-state index >= 15 is 0 Å². The first-order valence-electron chi connectivity index (χ1n) is 9.16. The van der Waals surface area contributed by atoms with Gasteiger partial charge in [0.1, 0.15) is 18.9 Å². The number of nitrogens with zero attached hydrogens (tertiary/aromatic N) is 4. The lowest BCUT2D eigenvalue weighted by Crippen LogP contribution is -2.47. The Labute approximate surface area is 148 Å². The van der Waals surface area contributed by atoms with Gasteiger partial charge in [0.15, 0.2) is 6.29 Å². The summed E-state index contributed by atoms with van der Waals surface area (Å²) in [5, 5.41) is 20.3. The number of fused-ring (bicyclic) bond motifs is 3. The zero-order valence-electron chi connectivity index (χ0n) is 14.7. The van der Waals surface area contributed by atoms with Crippen molar-refractivity contribution in [3.63, 3.8) is 0 Å². The Bertz CT molecular complexity index is 675. The Balaban J connectivity index is 1.63. The number of hydrogen-bond donors (Lipinski definition) is 2. The molecule has 7 nitrogen and oxygen atoms in total. The third kappa shape index (κ3) is 3.40. The van der Waals surface area contributed by atoms with Crippen LogP contribution in [0.1, 0.15) is 25.3 Å². The summed E-state index contributed by atoms with van der Waals surface area (Å²) in [6.45, 7) is 5.47. The Morgan fingerprint density at radius 1 is 1.40 bits per heavy atom. The second-order valence-corrected chi connectivity index (χ2v) is 7.15.